The molecule has 4 rings (SSSR count). The standard InChI is InChI=1S/C11H16N5O.C6H5N3O.F6P/c1-14(2)11(15(3)4)17-16-10-8-6-5-7-9(10)12-13-16;10-9-6-4-2-1-3-5(6)7-8-9;1-7(2,3,4,5)6/h5-8H,1-4H3;1-4,10H;/q+1;;-1. The van der Waals surface area contributed by atoms with Gasteiger partial charge in [0.25, 0.3) is 0 Å². The second kappa shape index (κ2) is 8.93. The number of rotatable bonds is 1. The summed E-state index contributed by atoms with van der Waals surface area (Å²) in [5.41, 5.74) is 2.98. The zero-order chi connectivity index (χ0) is 25.8. The average Bonchev–Trinajstić information content (AvgIpc) is 3.28. The molecule has 2 aromatic carbocycles. The van der Waals surface area contributed by atoms with Crippen LogP contribution in [0.2, 0.25) is 0 Å². The molecule has 0 radical (unpaired) electrons. The van der Waals surface area contributed by atoms with E-state index in [1.165, 1.54) is 4.85 Å². The van der Waals surface area contributed by atoms with Gasteiger partial charge in [-0.15, -0.1) is 10.2 Å². The number of para-hydroxylation sites is 2. The molecule has 0 aliphatic rings. The maximum Gasteiger partial charge on any atom is 0.130 e. The summed E-state index contributed by atoms with van der Waals surface area (Å²) in [6, 6.07) is 15.5. The molecule has 2 aromatic heterocycles. The molecule has 0 aliphatic carbocycles. The smallest absolute Gasteiger partial charge is 0.130 e. The summed E-state index contributed by atoms with van der Waals surface area (Å²) in [6.07, 6.45) is 0. The van der Waals surface area contributed by atoms with Gasteiger partial charge in [0.2, 0.25) is 0 Å². The molecule has 0 unspecified atom stereocenters. The molecule has 17 heteroatoms. The predicted molar refractivity (Wildman–Crippen MR) is 113 cm³/mol. The fourth-order valence-electron chi connectivity index (χ4n) is 2.41. The Morgan fingerprint density at radius 3 is 1.76 bits per heavy atom. The Labute approximate surface area is 188 Å². The van der Waals surface area contributed by atoms with Gasteiger partial charge in [-0.3, -0.25) is 4.84 Å². The normalized spacial score (nSPS) is 13.0. The maximum atomic E-state index is 9.87. The van der Waals surface area contributed by atoms with Crippen molar-refractivity contribution >= 4 is 35.9 Å². The third kappa shape index (κ3) is 9.05. The fourth-order valence-corrected chi connectivity index (χ4v) is 2.41. The van der Waals surface area contributed by atoms with Crippen molar-refractivity contribution in [3.05, 3.63) is 48.5 Å². The van der Waals surface area contributed by atoms with E-state index in [9.17, 15) is 25.2 Å². The van der Waals surface area contributed by atoms with Crippen molar-refractivity contribution in [2.24, 2.45) is 0 Å². The largest absolute Gasteiger partial charge is 0.410 e. The number of nitrogens with zero attached hydrogens (tertiary/aromatic N) is 8. The maximum absolute atomic E-state index is 10.7. The number of fused-ring (bicyclic) bond motifs is 2. The molecule has 10 nitrogen and oxygen atoms in total. The van der Waals surface area contributed by atoms with Gasteiger partial charge in [0.05, 0.1) is 28.2 Å². The molecule has 0 aliphatic heterocycles. The van der Waals surface area contributed by atoms with Crippen molar-refractivity contribution < 1.29 is 39.8 Å². The van der Waals surface area contributed by atoms with Crippen LogP contribution in [0.25, 0.3) is 22.1 Å². The molecule has 0 bridgehead atoms. The summed E-state index contributed by atoms with van der Waals surface area (Å²) in [4.78, 5) is 9.75. The van der Waals surface area contributed by atoms with Gasteiger partial charge in [0.1, 0.15) is 22.1 Å². The van der Waals surface area contributed by atoms with Crippen molar-refractivity contribution in [2.75, 3.05) is 28.2 Å². The number of halogens is 6. The second-order valence-corrected chi connectivity index (χ2v) is 8.96. The first kappa shape index (κ1) is 26.6. The second-order valence-electron chi connectivity index (χ2n) is 7.04. The van der Waals surface area contributed by atoms with E-state index >= 15 is 0 Å². The minimum absolute atomic E-state index is 0.627. The number of hydrogen-bond acceptors (Lipinski definition) is 6. The molecular formula is C17H21F6N8O2P. The van der Waals surface area contributed by atoms with Crippen molar-refractivity contribution in [2.45, 2.75) is 0 Å². The van der Waals surface area contributed by atoms with Crippen molar-refractivity contribution in [3.63, 3.8) is 0 Å². The number of aromatic nitrogens is 6. The van der Waals surface area contributed by atoms with E-state index in [1.807, 2.05) is 74.1 Å². The van der Waals surface area contributed by atoms with Crippen LogP contribution in [0.15, 0.2) is 48.5 Å². The van der Waals surface area contributed by atoms with Crippen LogP contribution >= 0.6 is 7.81 Å². The van der Waals surface area contributed by atoms with Gasteiger partial charge in [0.15, 0.2) is 0 Å². The summed E-state index contributed by atoms with van der Waals surface area (Å²) in [5.74, 6) is 0. The average molecular weight is 514 g/mol. The van der Waals surface area contributed by atoms with Gasteiger partial charge >= 0.3 is 39.0 Å². The monoisotopic (exact) mass is 514 g/mol. The molecule has 0 saturated carbocycles. The summed E-state index contributed by atoms with van der Waals surface area (Å²) in [6.45, 7) is 0. The molecule has 0 atom stereocenters. The minimum Gasteiger partial charge on any atom is -0.410 e. The first-order chi connectivity index (χ1) is 15.4. The molecule has 0 amide bonds. The van der Waals surface area contributed by atoms with Crippen LogP contribution in [0.3, 0.4) is 0 Å². The van der Waals surface area contributed by atoms with E-state index < -0.39 is 7.81 Å². The molecular weight excluding hydrogens is 493 g/mol. The van der Waals surface area contributed by atoms with Crippen molar-refractivity contribution in [1.82, 2.24) is 35.2 Å². The van der Waals surface area contributed by atoms with Gasteiger partial charge in [-0.05, 0) is 34.7 Å². The zero-order valence-corrected chi connectivity index (χ0v) is 19.2. The molecule has 34 heavy (non-hydrogen) atoms. The van der Waals surface area contributed by atoms with Gasteiger partial charge in [-0.1, -0.05) is 34.0 Å². The van der Waals surface area contributed by atoms with E-state index in [0.717, 1.165) is 15.9 Å². The summed E-state index contributed by atoms with van der Waals surface area (Å²) >= 11 is 0. The third-order valence-electron chi connectivity index (χ3n) is 3.59. The van der Waals surface area contributed by atoms with E-state index in [4.69, 9.17) is 10.0 Å². The Morgan fingerprint density at radius 2 is 1.29 bits per heavy atom. The van der Waals surface area contributed by atoms with E-state index in [2.05, 4.69) is 20.6 Å². The molecule has 2 heterocycles. The molecule has 188 valence electrons. The van der Waals surface area contributed by atoms with Gasteiger partial charge < -0.3 is 5.21 Å². The van der Waals surface area contributed by atoms with Crippen LogP contribution in [0.1, 0.15) is 0 Å². The minimum atomic E-state index is -10.7. The topological polar surface area (TPSA) is 97.1 Å². The third-order valence-corrected chi connectivity index (χ3v) is 3.59. The molecule has 1 N–H and O–H groups in total. The Kier molecular flexibility index (Phi) is 6.98. The van der Waals surface area contributed by atoms with Gasteiger partial charge in [0, 0.05) is 0 Å². The van der Waals surface area contributed by atoms with Crippen LogP contribution in [-0.2, 0) is 0 Å². The molecule has 0 spiro atoms. The summed E-state index contributed by atoms with van der Waals surface area (Å²) < 4.78 is 61.1. The van der Waals surface area contributed by atoms with Crippen LogP contribution < -0.4 is 4.84 Å². The Balaban J connectivity index is 0.000000203. The fraction of sp³-hybridized carbons (Fsp3) is 0.235. The Bertz CT molecular complexity index is 1290. The van der Waals surface area contributed by atoms with Crippen LogP contribution in [0, 0.1) is 0 Å². The van der Waals surface area contributed by atoms with Crippen LogP contribution in [0.5, 0.6) is 0 Å². The quantitative estimate of drug-likeness (QED) is 0.102. The van der Waals surface area contributed by atoms with Crippen LogP contribution in [0.4, 0.5) is 25.2 Å². The first-order valence-electron chi connectivity index (χ1n) is 9.19. The van der Waals surface area contributed by atoms with Crippen LogP contribution in [-0.4, -0.2) is 79.2 Å². The predicted octanol–water partition coefficient (Wildman–Crippen LogP) is 4.10. The molecule has 0 saturated heterocycles. The Morgan fingerprint density at radius 1 is 0.853 bits per heavy atom. The van der Waals surface area contributed by atoms with E-state index in [0.29, 0.717) is 17.1 Å². The number of hydrogen-bond donors (Lipinski definition) is 1. The SMILES string of the molecule is CN(C)C(On1nnc2ccccc21)=[N+](C)C.F[P-](F)(F)(F)(F)F.On1nnc2ccccc21. The molecule has 0 fully saturated rings. The molecule has 4 aromatic rings. The Hall–Kier alpha value is -3.68. The zero-order valence-electron chi connectivity index (χ0n) is 18.3. The summed E-state index contributed by atoms with van der Waals surface area (Å²) in [5, 5.41) is 24.1. The van der Waals surface area contributed by atoms with E-state index in [-0.39, 0.29) is 0 Å². The van der Waals surface area contributed by atoms with E-state index in [1.54, 1.807) is 12.1 Å². The van der Waals surface area contributed by atoms with Crippen molar-refractivity contribution in [3.8, 4) is 0 Å². The number of amidine groups is 1. The number of benzene rings is 2. The van der Waals surface area contributed by atoms with Gasteiger partial charge in [-0.25, -0.2) is 9.48 Å². The van der Waals surface area contributed by atoms with Gasteiger partial charge in [-0.2, -0.15) is 0 Å². The first-order valence-corrected chi connectivity index (χ1v) is 11.2. The summed E-state index contributed by atoms with van der Waals surface area (Å²) in [7, 11) is -3.01. The van der Waals surface area contributed by atoms with Crippen molar-refractivity contribution in [1.29, 1.82) is 0 Å².